The van der Waals surface area contributed by atoms with E-state index in [0.717, 1.165) is 33.6 Å². The second-order valence-electron chi connectivity index (χ2n) is 8.47. The molecule has 0 fully saturated rings. The van der Waals surface area contributed by atoms with E-state index in [1.54, 1.807) is 4.68 Å². The molecule has 0 unspecified atom stereocenters. The average Bonchev–Trinajstić information content (AvgIpc) is 3.16. The topological polar surface area (TPSA) is 81.8 Å². The maximum Gasteiger partial charge on any atom is 0.295 e. The van der Waals surface area contributed by atoms with Gasteiger partial charge in [-0.05, 0) is 51.8 Å². The number of rotatable bonds is 7. The van der Waals surface area contributed by atoms with E-state index < -0.39 is 0 Å². The van der Waals surface area contributed by atoms with Gasteiger partial charge >= 0.3 is 0 Å². The molecule has 0 aliphatic carbocycles. The molecular weight excluding hydrogens is 414 g/mol. The van der Waals surface area contributed by atoms with Crippen LogP contribution >= 0.6 is 0 Å². The van der Waals surface area contributed by atoms with E-state index in [4.69, 9.17) is 0 Å². The predicted octanol–water partition coefficient (Wildman–Crippen LogP) is 4.17. The highest BCUT2D eigenvalue weighted by atomic mass is 16.1. The Morgan fingerprint density at radius 2 is 1.70 bits per heavy atom. The maximum atomic E-state index is 13.1. The third-order valence-corrected chi connectivity index (χ3v) is 5.92. The molecule has 0 bridgehead atoms. The molecule has 0 radical (unpaired) electrons. The highest BCUT2D eigenvalue weighted by Crippen LogP contribution is 2.21. The van der Waals surface area contributed by atoms with Gasteiger partial charge in [0, 0.05) is 13.0 Å². The minimum Gasteiger partial charge on any atom is -0.350 e. The summed E-state index contributed by atoms with van der Waals surface area (Å²) in [6.07, 6.45) is 0.835. The fraction of sp³-hybridized carbons (Fsp3) is 0.308. The minimum atomic E-state index is -0.234. The summed E-state index contributed by atoms with van der Waals surface area (Å²) in [6.45, 7) is 8.20. The molecule has 0 spiro atoms. The van der Waals surface area contributed by atoms with Gasteiger partial charge in [-0.1, -0.05) is 48.0 Å². The Labute approximate surface area is 193 Å². The summed E-state index contributed by atoms with van der Waals surface area (Å²) in [7, 11) is 0. The number of amides is 1. The van der Waals surface area contributed by atoms with Crippen LogP contribution in [0.5, 0.6) is 0 Å². The first-order chi connectivity index (χ1) is 15.8. The van der Waals surface area contributed by atoms with Crippen molar-refractivity contribution in [3.63, 3.8) is 0 Å². The molecule has 7 nitrogen and oxygen atoms in total. The molecule has 7 heteroatoms. The lowest BCUT2D eigenvalue weighted by Gasteiger charge is -2.14. The Morgan fingerprint density at radius 3 is 2.39 bits per heavy atom. The summed E-state index contributed by atoms with van der Waals surface area (Å²) in [4.78, 5) is 25.5. The summed E-state index contributed by atoms with van der Waals surface area (Å²) >= 11 is 0. The zero-order chi connectivity index (χ0) is 23.5. The van der Waals surface area contributed by atoms with E-state index in [1.807, 2.05) is 82.3 Å². The molecule has 2 aromatic heterocycles. The number of aryl methyl sites for hydroxylation is 4. The Kier molecular flexibility index (Phi) is 6.40. The smallest absolute Gasteiger partial charge is 0.295 e. The molecule has 1 N–H and O–H groups in total. The van der Waals surface area contributed by atoms with E-state index in [9.17, 15) is 9.59 Å². The van der Waals surface area contributed by atoms with Crippen molar-refractivity contribution in [1.82, 2.24) is 24.9 Å². The molecule has 0 saturated heterocycles. The van der Waals surface area contributed by atoms with Gasteiger partial charge in [-0.3, -0.25) is 9.59 Å². The lowest BCUT2D eigenvalue weighted by atomic mass is 10.1. The fourth-order valence-corrected chi connectivity index (χ4v) is 4.10. The van der Waals surface area contributed by atoms with Crippen LogP contribution in [0.25, 0.3) is 16.6 Å². The highest BCUT2D eigenvalue weighted by Gasteiger charge is 2.17. The second kappa shape index (κ2) is 9.40. The number of carbonyl (C=O) groups excluding carboxylic acids is 1. The number of aromatic nitrogens is 4. The quantitative estimate of drug-likeness (QED) is 0.465. The normalized spacial score (nSPS) is 12.1. The van der Waals surface area contributed by atoms with Crippen LogP contribution in [0.2, 0.25) is 0 Å². The lowest BCUT2D eigenvalue weighted by molar-refractivity contribution is -0.121. The summed E-state index contributed by atoms with van der Waals surface area (Å²) in [6, 6.07) is 17.8. The van der Waals surface area contributed by atoms with Crippen LogP contribution in [-0.2, 0) is 11.3 Å². The monoisotopic (exact) mass is 443 g/mol. The SMILES string of the molecule is Cc1ccc(-n2nc3c(=O)n(CCCC(=O)N[C@@H](C)c4ccccc4)nc(C)c3c2C)cc1. The Hall–Kier alpha value is -3.74. The first-order valence-electron chi connectivity index (χ1n) is 11.2. The molecule has 0 aliphatic heterocycles. The second-order valence-corrected chi connectivity index (χ2v) is 8.47. The van der Waals surface area contributed by atoms with Crippen molar-refractivity contribution in [2.45, 2.75) is 53.1 Å². The Balaban J connectivity index is 1.48. The van der Waals surface area contributed by atoms with Gasteiger partial charge in [0.15, 0.2) is 5.52 Å². The number of fused-ring (bicyclic) bond motifs is 1. The first kappa shape index (κ1) is 22.5. The van der Waals surface area contributed by atoms with Crippen molar-refractivity contribution in [2.75, 3.05) is 0 Å². The van der Waals surface area contributed by atoms with Gasteiger partial charge in [0.1, 0.15) is 0 Å². The summed E-state index contributed by atoms with van der Waals surface area (Å²) in [5, 5.41) is 12.9. The van der Waals surface area contributed by atoms with Gasteiger partial charge in [0.05, 0.1) is 28.5 Å². The number of nitrogens with zero attached hydrogens (tertiary/aromatic N) is 4. The van der Waals surface area contributed by atoms with Gasteiger partial charge in [-0.15, -0.1) is 0 Å². The molecule has 1 amide bonds. The molecule has 4 aromatic rings. The van der Waals surface area contributed by atoms with Gasteiger partial charge in [-0.25, -0.2) is 9.36 Å². The van der Waals surface area contributed by atoms with Crippen molar-refractivity contribution in [1.29, 1.82) is 0 Å². The Morgan fingerprint density at radius 1 is 1.00 bits per heavy atom. The highest BCUT2D eigenvalue weighted by molar-refractivity contribution is 5.83. The van der Waals surface area contributed by atoms with Crippen LogP contribution in [0.15, 0.2) is 59.4 Å². The van der Waals surface area contributed by atoms with Crippen molar-refractivity contribution in [3.05, 3.63) is 87.5 Å². The van der Waals surface area contributed by atoms with Crippen LogP contribution in [0.3, 0.4) is 0 Å². The van der Waals surface area contributed by atoms with Gasteiger partial charge in [0.25, 0.3) is 5.56 Å². The van der Waals surface area contributed by atoms with E-state index in [-0.39, 0.29) is 17.5 Å². The van der Waals surface area contributed by atoms with Crippen LogP contribution in [0.4, 0.5) is 0 Å². The van der Waals surface area contributed by atoms with Crippen molar-refractivity contribution in [3.8, 4) is 5.69 Å². The third kappa shape index (κ3) is 4.72. The molecule has 0 saturated carbocycles. The van der Waals surface area contributed by atoms with E-state index >= 15 is 0 Å². The maximum absolute atomic E-state index is 13.1. The van der Waals surface area contributed by atoms with E-state index in [2.05, 4.69) is 15.5 Å². The molecule has 0 aliphatic rings. The number of carbonyl (C=O) groups is 1. The van der Waals surface area contributed by atoms with E-state index in [1.165, 1.54) is 4.68 Å². The molecule has 4 rings (SSSR count). The largest absolute Gasteiger partial charge is 0.350 e. The summed E-state index contributed by atoms with van der Waals surface area (Å²) < 4.78 is 3.22. The first-order valence-corrected chi connectivity index (χ1v) is 11.2. The fourth-order valence-electron chi connectivity index (χ4n) is 4.10. The number of hydrogen-bond donors (Lipinski definition) is 1. The van der Waals surface area contributed by atoms with Gasteiger partial charge in [-0.2, -0.15) is 10.2 Å². The zero-order valence-electron chi connectivity index (χ0n) is 19.5. The van der Waals surface area contributed by atoms with Crippen molar-refractivity contribution in [2.24, 2.45) is 0 Å². The van der Waals surface area contributed by atoms with Gasteiger partial charge < -0.3 is 5.32 Å². The molecular formula is C26H29N5O2. The number of nitrogens with one attached hydrogen (secondary N) is 1. The number of hydrogen-bond acceptors (Lipinski definition) is 4. The molecule has 170 valence electrons. The zero-order valence-corrected chi connectivity index (χ0v) is 19.5. The van der Waals surface area contributed by atoms with Crippen molar-refractivity contribution >= 4 is 16.8 Å². The Bertz CT molecular complexity index is 1340. The van der Waals surface area contributed by atoms with Gasteiger partial charge in [0.2, 0.25) is 5.91 Å². The van der Waals surface area contributed by atoms with Crippen LogP contribution < -0.4 is 10.9 Å². The predicted molar refractivity (Wildman–Crippen MR) is 130 cm³/mol. The number of benzene rings is 2. The molecule has 2 aromatic carbocycles. The van der Waals surface area contributed by atoms with Crippen molar-refractivity contribution < 1.29 is 4.79 Å². The van der Waals surface area contributed by atoms with Crippen LogP contribution in [0, 0.1) is 20.8 Å². The average molecular weight is 444 g/mol. The molecule has 33 heavy (non-hydrogen) atoms. The van der Waals surface area contributed by atoms with E-state index in [0.29, 0.717) is 24.9 Å². The van der Waals surface area contributed by atoms with Crippen LogP contribution in [0.1, 0.15) is 48.3 Å². The summed E-state index contributed by atoms with van der Waals surface area (Å²) in [5.74, 6) is -0.0447. The molecule has 1 atom stereocenters. The third-order valence-electron chi connectivity index (χ3n) is 5.92. The standard InChI is InChI=1S/C26H29N5O2/c1-17-12-14-22(15-13-17)31-20(4)24-19(3)28-30(26(33)25(24)29-31)16-8-11-23(32)27-18(2)21-9-6-5-7-10-21/h5-7,9-10,12-15,18H,8,11,16H2,1-4H3,(H,27,32)/t18-/m0/s1. The minimum absolute atomic E-state index is 0.0447. The summed E-state index contributed by atoms with van der Waals surface area (Å²) in [5.41, 5.74) is 4.94. The lowest BCUT2D eigenvalue weighted by Crippen LogP contribution is -2.28. The molecule has 2 heterocycles. The van der Waals surface area contributed by atoms with Crippen LogP contribution in [-0.4, -0.2) is 25.5 Å².